The molecule has 6 nitrogen and oxygen atoms in total. The molecule has 1 aliphatic rings. The summed E-state index contributed by atoms with van der Waals surface area (Å²) in [6.07, 6.45) is 11.6. The Morgan fingerprint density at radius 3 is 2.31 bits per heavy atom. The van der Waals surface area contributed by atoms with Gasteiger partial charge in [-0.05, 0) is 74.1 Å². The van der Waals surface area contributed by atoms with Crippen molar-refractivity contribution < 1.29 is 14.3 Å². The van der Waals surface area contributed by atoms with E-state index in [1.165, 1.54) is 24.8 Å². The minimum atomic E-state index is -0.0487. The molecule has 1 N–H and O–H groups in total. The predicted octanol–water partition coefficient (Wildman–Crippen LogP) is 5.56. The van der Waals surface area contributed by atoms with Crippen molar-refractivity contribution in [3.8, 4) is 28.6 Å². The van der Waals surface area contributed by atoms with E-state index < -0.39 is 0 Å². The van der Waals surface area contributed by atoms with Gasteiger partial charge in [0.2, 0.25) is 0 Å². The number of nitrogens with zero attached hydrogens (tertiary/aromatic N) is 2. The molecule has 0 unspecified atom stereocenters. The Kier molecular flexibility index (Phi) is 7.12. The van der Waals surface area contributed by atoms with Crippen LogP contribution in [0.5, 0.6) is 17.5 Å². The van der Waals surface area contributed by atoms with E-state index in [4.69, 9.17) is 9.47 Å². The van der Waals surface area contributed by atoms with E-state index in [9.17, 15) is 4.79 Å². The average molecular weight is 430 g/mol. The molecule has 0 fully saturated rings. The fourth-order valence-electron chi connectivity index (χ4n) is 3.65. The predicted molar refractivity (Wildman–Crippen MR) is 124 cm³/mol. The van der Waals surface area contributed by atoms with E-state index in [0.717, 1.165) is 29.7 Å². The number of rotatable bonds is 8. The Balaban J connectivity index is 1.31. The number of allylic oxidation sites excluding steroid dienone is 1. The molecule has 0 bridgehead atoms. The van der Waals surface area contributed by atoms with Crippen molar-refractivity contribution in [2.75, 3.05) is 13.7 Å². The zero-order valence-corrected chi connectivity index (χ0v) is 18.2. The second-order valence-electron chi connectivity index (χ2n) is 7.72. The van der Waals surface area contributed by atoms with Gasteiger partial charge in [-0.1, -0.05) is 23.8 Å². The number of hydrogen-bond acceptors (Lipinski definition) is 5. The molecule has 0 saturated heterocycles. The summed E-state index contributed by atoms with van der Waals surface area (Å²) in [6.45, 7) is 0.677. The number of methoxy groups -OCH3 is 1. The Morgan fingerprint density at radius 2 is 1.66 bits per heavy atom. The van der Waals surface area contributed by atoms with E-state index in [1.54, 1.807) is 31.6 Å². The minimum Gasteiger partial charge on any atom is -0.497 e. The molecule has 1 amide bonds. The maximum absolute atomic E-state index is 12.4. The molecule has 2 aromatic carbocycles. The number of benzene rings is 2. The monoisotopic (exact) mass is 429 g/mol. The van der Waals surface area contributed by atoms with Gasteiger partial charge in [0.1, 0.15) is 11.5 Å². The molecule has 1 aliphatic carbocycles. The van der Waals surface area contributed by atoms with Gasteiger partial charge >= 0.3 is 6.01 Å². The number of nitrogens with one attached hydrogen (secondary N) is 1. The number of amides is 1. The van der Waals surface area contributed by atoms with E-state index >= 15 is 0 Å². The molecule has 3 aromatic rings. The van der Waals surface area contributed by atoms with Gasteiger partial charge in [0, 0.05) is 30.1 Å². The second kappa shape index (κ2) is 10.6. The number of aromatic nitrogens is 2. The highest BCUT2D eigenvalue weighted by Crippen LogP contribution is 2.24. The van der Waals surface area contributed by atoms with Crippen molar-refractivity contribution >= 4 is 5.91 Å². The molecule has 0 atom stereocenters. The quantitative estimate of drug-likeness (QED) is 0.474. The number of carbonyl (C=O) groups is 1. The van der Waals surface area contributed by atoms with Crippen LogP contribution in [-0.2, 0) is 0 Å². The minimum absolute atomic E-state index is 0.0487. The van der Waals surface area contributed by atoms with E-state index in [2.05, 4.69) is 21.4 Å². The van der Waals surface area contributed by atoms with Gasteiger partial charge in [-0.3, -0.25) is 4.79 Å². The van der Waals surface area contributed by atoms with Gasteiger partial charge in [0.15, 0.2) is 0 Å². The summed E-state index contributed by atoms with van der Waals surface area (Å²) >= 11 is 0. The number of carbonyl (C=O) groups excluding carboxylic acids is 1. The average Bonchev–Trinajstić information content (AvgIpc) is 2.86. The largest absolute Gasteiger partial charge is 0.497 e. The van der Waals surface area contributed by atoms with Gasteiger partial charge in [0.05, 0.1) is 7.11 Å². The van der Waals surface area contributed by atoms with Gasteiger partial charge in [0.25, 0.3) is 5.91 Å². The third-order valence-electron chi connectivity index (χ3n) is 5.49. The fraction of sp³-hybridized carbons (Fsp3) is 0.269. The lowest BCUT2D eigenvalue weighted by Crippen LogP contribution is -2.24. The zero-order chi connectivity index (χ0) is 22.2. The van der Waals surface area contributed by atoms with Crippen molar-refractivity contribution in [2.45, 2.75) is 32.1 Å². The summed E-state index contributed by atoms with van der Waals surface area (Å²) in [6, 6.07) is 14.9. The van der Waals surface area contributed by atoms with Crippen LogP contribution in [-0.4, -0.2) is 29.5 Å². The Bertz CT molecular complexity index is 1060. The normalized spacial score (nSPS) is 13.2. The van der Waals surface area contributed by atoms with Crippen LogP contribution in [0.15, 0.2) is 72.6 Å². The molecule has 0 saturated carbocycles. The lowest BCUT2D eigenvalue weighted by atomic mass is 9.97. The van der Waals surface area contributed by atoms with Crippen LogP contribution >= 0.6 is 0 Å². The first kappa shape index (κ1) is 21.6. The summed E-state index contributed by atoms with van der Waals surface area (Å²) in [5, 5.41) is 3.01. The smallest absolute Gasteiger partial charge is 0.321 e. The molecule has 4 rings (SSSR count). The van der Waals surface area contributed by atoms with Crippen LogP contribution in [0.1, 0.15) is 42.5 Å². The standard InChI is InChI=1S/C26H27N3O3/c1-31-23-11-13-24(14-12-23)32-26-28-17-22(18-29-26)20-7-9-21(10-8-20)25(30)27-16-15-19-5-3-2-4-6-19/h5,7-14,17-18H,2-4,6,15-16H2,1H3,(H,27,30). The highest BCUT2D eigenvalue weighted by atomic mass is 16.5. The first-order chi connectivity index (χ1) is 15.7. The van der Waals surface area contributed by atoms with E-state index in [1.807, 2.05) is 36.4 Å². The van der Waals surface area contributed by atoms with E-state index in [0.29, 0.717) is 17.9 Å². The van der Waals surface area contributed by atoms with Gasteiger partial charge in [-0.2, -0.15) is 0 Å². The van der Waals surface area contributed by atoms with Crippen LogP contribution in [0, 0.1) is 0 Å². The summed E-state index contributed by atoms with van der Waals surface area (Å²) in [5.74, 6) is 1.34. The number of hydrogen-bond donors (Lipinski definition) is 1. The summed E-state index contributed by atoms with van der Waals surface area (Å²) in [5.41, 5.74) is 3.89. The summed E-state index contributed by atoms with van der Waals surface area (Å²) < 4.78 is 10.8. The maximum atomic E-state index is 12.4. The van der Waals surface area contributed by atoms with Crippen LogP contribution in [0.2, 0.25) is 0 Å². The third-order valence-corrected chi connectivity index (χ3v) is 5.49. The fourth-order valence-corrected chi connectivity index (χ4v) is 3.65. The summed E-state index contributed by atoms with van der Waals surface area (Å²) in [4.78, 5) is 21.0. The molecular weight excluding hydrogens is 402 g/mol. The second-order valence-corrected chi connectivity index (χ2v) is 7.72. The molecule has 0 spiro atoms. The molecule has 164 valence electrons. The first-order valence-corrected chi connectivity index (χ1v) is 10.9. The molecule has 0 aliphatic heterocycles. The Labute approximate surface area is 188 Å². The molecule has 0 radical (unpaired) electrons. The maximum Gasteiger partial charge on any atom is 0.321 e. The third kappa shape index (κ3) is 5.72. The zero-order valence-electron chi connectivity index (χ0n) is 18.2. The van der Waals surface area contributed by atoms with Crippen molar-refractivity contribution in [3.63, 3.8) is 0 Å². The van der Waals surface area contributed by atoms with Crippen molar-refractivity contribution in [2.24, 2.45) is 0 Å². The Morgan fingerprint density at radius 1 is 0.938 bits per heavy atom. The highest BCUT2D eigenvalue weighted by Gasteiger charge is 2.09. The Hall–Kier alpha value is -3.67. The highest BCUT2D eigenvalue weighted by molar-refractivity contribution is 5.94. The number of ether oxygens (including phenoxy) is 2. The van der Waals surface area contributed by atoms with Crippen molar-refractivity contribution in [3.05, 3.63) is 78.1 Å². The first-order valence-electron chi connectivity index (χ1n) is 10.9. The van der Waals surface area contributed by atoms with E-state index in [-0.39, 0.29) is 11.9 Å². The summed E-state index contributed by atoms with van der Waals surface area (Å²) in [7, 11) is 1.62. The topological polar surface area (TPSA) is 73.3 Å². The molecular formula is C26H27N3O3. The SMILES string of the molecule is COc1ccc(Oc2ncc(-c3ccc(C(=O)NCCC4=CCCCC4)cc3)cn2)cc1. The van der Waals surface area contributed by atoms with Gasteiger partial charge in [-0.15, -0.1) is 0 Å². The lowest BCUT2D eigenvalue weighted by Gasteiger charge is -2.13. The van der Waals surface area contributed by atoms with Crippen LogP contribution in [0.25, 0.3) is 11.1 Å². The van der Waals surface area contributed by atoms with Crippen molar-refractivity contribution in [1.82, 2.24) is 15.3 Å². The molecule has 6 heteroatoms. The lowest BCUT2D eigenvalue weighted by molar-refractivity contribution is 0.0954. The van der Waals surface area contributed by atoms with Gasteiger partial charge < -0.3 is 14.8 Å². The molecule has 1 aromatic heterocycles. The van der Waals surface area contributed by atoms with Gasteiger partial charge in [-0.25, -0.2) is 9.97 Å². The van der Waals surface area contributed by atoms with Crippen LogP contribution in [0.4, 0.5) is 0 Å². The molecule has 1 heterocycles. The van der Waals surface area contributed by atoms with Crippen molar-refractivity contribution in [1.29, 1.82) is 0 Å². The van der Waals surface area contributed by atoms with Crippen LogP contribution in [0.3, 0.4) is 0 Å². The van der Waals surface area contributed by atoms with Crippen LogP contribution < -0.4 is 14.8 Å². The molecule has 32 heavy (non-hydrogen) atoms.